The van der Waals surface area contributed by atoms with Gasteiger partial charge >= 0.3 is 0 Å². The van der Waals surface area contributed by atoms with Crippen LogP contribution in [0.1, 0.15) is 65.7 Å². The summed E-state index contributed by atoms with van der Waals surface area (Å²) in [7, 11) is 0. The number of carbonyl (C=O) groups is 2. The van der Waals surface area contributed by atoms with E-state index >= 15 is 0 Å². The average Bonchev–Trinajstić information content (AvgIpc) is 3.69. The van der Waals surface area contributed by atoms with Gasteiger partial charge in [-0.2, -0.15) is 0 Å². The molecule has 6 rings (SSSR count). The van der Waals surface area contributed by atoms with E-state index in [4.69, 9.17) is 4.74 Å². The fourth-order valence-corrected chi connectivity index (χ4v) is 8.16. The highest BCUT2D eigenvalue weighted by atomic mass is 32.1. The number of nitrogens with zero attached hydrogens (tertiary/aromatic N) is 2. The molecular formula is C35H46N4O3S. The first-order chi connectivity index (χ1) is 21.0. The third kappa shape index (κ3) is 7.48. The molecule has 1 aliphatic carbocycles. The van der Waals surface area contributed by atoms with Crippen molar-refractivity contribution in [1.82, 2.24) is 20.4 Å². The van der Waals surface area contributed by atoms with Crippen molar-refractivity contribution in [1.29, 1.82) is 0 Å². The Morgan fingerprint density at radius 1 is 1.00 bits per heavy atom. The van der Waals surface area contributed by atoms with E-state index < -0.39 is 5.54 Å². The number of carbonyl (C=O) groups excluding carboxylic acids is 2. The van der Waals surface area contributed by atoms with Crippen molar-refractivity contribution in [2.24, 2.45) is 0 Å². The number of rotatable bonds is 10. The fourth-order valence-electron chi connectivity index (χ4n) is 7.10. The molecule has 1 atom stereocenters. The number of piperazine rings is 1. The van der Waals surface area contributed by atoms with Crippen molar-refractivity contribution < 1.29 is 14.3 Å². The second-order valence-corrected chi connectivity index (χ2v) is 13.8. The summed E-state index contributed by atoms with van der Waals surface area (Å²) in [6, 6.07) is 19.3. The third-order valence-electron chi connectivity index (χ3n) is 9.71. The quantitative estimate of drug-likeness (QED) is 0.335. The summed E-state index contributed by atoms with van der Waals surface area (Å²) in [5.41, 5.74) is 1.55. The van der Waals surface area contributed by atoms with Crippen molar-refractivity contribution in [2.75, 3.05) is 45.9 Å². The molecule has 0 unspecified atom stereocenters. The number of benzene rings is 2. The summed E-state index contributed by atoms with van der Waals surface area (Å²) in [6.07, 6.45) is 7.21. The average molecular weight is 603 g/mol. The number of ether oxygens (including phenoxy) is 1. The maximum atomic E-state index is 14.1. The van der Waals surface area contributed by atoms with Gasteiger partial charge in [-0.3, -0.25) is 14.5 Å². The molecule has 0 radical (unpaired) electrons. The first-order valence-electron chi connectivity index (χ1n) is 16.2. The first kappa shape index (κ1) is 30.3. The second-order valence-electron chi connectivity index (χ2n) is 12.8. The predicted octanol–water partition coefficient (Wildman–Crippen LogP) is 5.17. The Labute approximate surface area is 260 Å². The summed E-state index contributed by atoms with van der Waals surface area (Å²) < 4.78 is 6.67. The van der Waals surface area contributed by atoms with Gasteiger partial charge in [-0.25, -0.2) is 0 Å². The van der Waals surface area contributed by atoms with Gasteiger partial charge in [0.15, 0.2) is 0 Å². The van der Waals surface area contributed by atoms with Crippen LogP contribution >= 0.6 is 11.3 Å². The van der Waals surface area contributed by atoms with E-state index in [9.17, 15) is 9.59 Å². The molecule has 7 nitrogen and oxygen atoms in total. The minimum atomic E-state index is -0.854. The Morgan fingerprint density at radius 2 is 1.74 bits per heavy atom. The predicted molar refractivity (Wildman–Crippen MR) is 174 cm³/mol. The normalized spacial score (nSPS) is 20.7. The van der Waals surface area contributed by atoms with Gasteiger partial charge in [-0.15, -0.1) is 11.3 Å². The van der Waals surface area contributed by atoms with Gasteiger partial charge in [-0.1, -0.05) is 55.3 Å². The van der Waals surface area contributed by atoms with Crippen LogP contribution in [0, 0.1) is 6.92 Å². The second kappa shape index (κ2) is 13.9. The molecule has 230 valence electrons. The Morgan fingerprint density at radius 3 is 2.49 bits per heavy atom. The largest absolute Gasteiger partial charge is 0.381 e. The molecular weight excluding hydrogens is 556 g/mol. The molecule has 2 amide bonds. The van der Waals surface area contributed by atoms with E-state index in [2.05, 4.69) is 69.8 Å². The maximum absolute atomic E-state index is 14.1. The zero-order valence-corrected chi connectivity index (χ0v) is 26.3. The lowest BCUT2D eigenvalue weighted by molar-refractivity contribution is -0.128. The van der Waals surface area contributed by atoms with Crippen LogP contribution in [0.15, 0.2) is 54.6 Å². The van der Waals surface area contributed by atoms with Gasteiger partial charge in [-0.05, 0) is 74.1 Å². The molecule has 0 bridgehead atoms. The molecule has 2 aromatic carbocycles. The van der Waals surface area contributed by atoms with E-state index in [0.29, 0.717) is 23.8 Å². The highest BCUT2D eigenvalue weighted by Crippen LogP contribution is 2.32. The number of hydrogen-bond acceptors (Lipinski definition) is 6. The molecule has 1 saturated carbocycles. The molecule has 2 N–H and O–H groups in total. The van der Waals surface area contributed by atoms with Crippen LogP contribution in [-0.2, 0) is 16.0 Å². The standard InChI is InChI=1S/C35H46N4O3S/c1-26-9-10-28-25-32(43-31(28)23-26)33(40)37-35(14-5-6-15-35)34(41)36-29(24-27-7-3-2-4-8-27)11-16-38-17-19-39(20-18-38)30-12-21-42-22-13-30/h2-4,7-10,23,25,29-30H,5-6,11-22,24H2,1H3,(H,36,41)(H,37,40)/t29-/m0/s1. The van der Waals surface area contributed by atoms with E-state index in [1.807, 2.05) is 12.1 Å². The first-order valence-corrected chi connectivity index (χ1v) is 17.0. The van der Waals surface area contributed by atoms with E-state index in [-0.39, 0.29) is 17.9 Å². The summed E-state index contributed by atoms with van der Waals surface area (Å²) >= 11 is 1.50. The number of thiophene rings is 1. The van der Waals surface area contributed by atoms with Gasteiger partial charge in [0.2, 0.25) is 5.91 Å². The van der Waals surface area contributed by atoms with Crippen LogP contribution in [0.3, 0.4) is 0 Å². The maximum Gasteiger partial charge on any atom is 0.262 e. The third-order valence-corrected chi connectivity index (χ3v) is 10.8. The van der Waals surface area contributed by atoms with Crippen molar-refractivity contribution in [3.63, 3.8) is 0 Å². The molecule has 3 heterocycles. The summed E-state index contributed by atoms with van der Waals surface area (Å²) in [4.78, 5) is 33.4. The topological polar surface area (TPSA) is 73.9 Å². The Bertz CT molecular complexity index is 1370. The lowest BCUT2D eigenvalue weighted by atomic mass is 9.94. The summed E-state index contributed by atoms with van der Waals surface area (Å²) in [5.74, 6) is -0.168. The van der Waals surface area contributed by atoms with Crippen molar-refractivity contribution in [3.05, 3.63) is 70.6 Å². The van der Waals surface area contributed by atoms with Gasteiger partial charge in [0.05, 0.1) is 4.88 Å². The minimum absolute atomic E-state index is 0.00472. The highest BCUT2D eigenvalue weighted by Gasteiger charge is 2.43. The Hall–Kier alpha value is -2.78. The van der Waals surface area contributed by atoms with Crippen molar-refractivity contribution >= 4 is 33.2 Å². The lowest BCUT2D eigenvalue weighted by Gasteiger charge is -2.41. The van der Waals surface area contributed by atoms with Crippen molar-refractivity contribution in [2.45, 2.75) is 75.9 Å². The molecule has 3 aromatic rings. The van der Waals surface area contributed by atoms with E-state index in [1.54, 1.807) is 0 Å². The van der Waals surface area contributed by atoms with Crippen molar-refractivity contribution in [3.8, 4) is 0 Å². The molecule has 2 aliphatic heterocycles. The zero-order valence-electron chi connectivity index (χ0n) is 25.5. The lowest BCUT2D eigenvalue weighted by Crippen LogP contribution is -2.59. The Kier molecular flexibility index (Phi) is 9.77. The smallest absolute Gasteiger partial charge is 0.262 e. The molecule has 2 saturated heterocycles. The van der Waals surface area contributed by atoms with Crippen LogP contribution in [-0.4, -0.2) is 85.2 Å². The van der Waals surface area contributed by atoms with Gasteiger partial charge < -0.3 is 20.3 Å². The SMILES string of the molecule is Cc1ccc2cc(C(=O)NC3(C(=O)N[C@@H](CCN4CCN(C5CCOCC5)CC4)Cc4ccccc4)CCCC3)sc2c1. The minimum Gasteiger partial charge on any atom is -0.381 e. The van der Waals surface area contributed by atoms with Crippen LogP contribution in [0.4, 0.5) is 0 Å². The van der Waals surface area contributed by atoms with Crippen LogP contribution in [0.2, 0.25) is 0 Å². The van der Waals surface area contributed by atoms with Gasteiger partial charge in [0.25, 0.3) is 5.91 Å². The molecule has 43 heavy (non-hydrogen) atoms. The molecule has 0 spiro atoms. The highest BCUT2D eigenvalue weighted by molar-refractivity contribution is 7.20. The number of amides is 2. The van der Waals surface area contributed by atoms with Crippen LogP contribution < -0.4 is 10.6 Å². The summed E-state index contributed by atoms with van der Waals surface area (Å²) in [5, 5.41) is 7.74. The van der Waals surface area contributed by atoms with Gasteiger partial charge in [0.1, 0.15) is 5.54 Å². The van der Waals surface area contributed by atoms with Crippen LogP contribution in [0.25, 0.3) is 10.1 Å². The number of aryl methyl sites for hydroxylation is 1. The monoisotopic (exact) mass is 602 g/mol. The van der Waals surface area contributed by atoms with E-state index in [0.717, 1.165) is 94.5 Å². The number of hydrogen-bond donors (Lipinski definition) is 2. The zero-order chi connectivity index (χ0) is 29.6. The number of nitrogens with one attached hydrogen (secondary N) is 2. The number of fused-ring (bicyclic) bond motifs is 1. The molecule has 3 fully saturated rings. The Balaban J connectivity index is 1.10. The molecule has 1 aromatic heterocycles. The fraction of sp³-hybridized carbons (Fsp3) is 0.543. The van der Waals surface area contributed by atoms with Crippen LogP contribution in [0.5, 0.6) is 0 Å². The molecule has 3 aliphatic rings. The molecule has 8 heteroatoms. The summed E-state index contributed by atoms with van der Waals surface area (Å²) in [6.45, 7) is 9.14. The van der Waals surface area contributed by atoms with E-state index in [1.165, 1.54) is 22.5 Å². The van der Waals surface area contributed by atoms with Gasteiger partial charge in [0, 0.05) is 62.7 Å².